The van der Waals surface area contributed by atoms with E-state index >= 15 is 0 Å². The van der Waals surface area contributed by atoms with Crippen molar-refractivity contribution >= 4 is 15.7 Å². The second-order valence-electron chi connectivity index (χ2n) is 3.76. The molecule has 5 nitrogen and oxygen atoms in total. The van der Waals surface area contributed by atoms with Crippen LogP contribution in [-0.2, 0) is 10.0 Å². The number of hydrogen-bond acceptors (Lipinski definition) is 4. The molecule has 0 atom stereocenters. The Balaban J connectivity index is 2.95. The summed E-state index contributed by atoms with van der Waals surface area (Å²) in [5, 5.41) is 3.14. The van der Waals surface area contributed by atoms with Crippen molar-refractivity contribution < 1.29 is 8.42 Å². The molecule has 0 saturated heterocycles. The Labute approximate surface area is 102 Å². The van der Waals surface area contributed by atoms with Crippen LogP contribution in [0.25, 0.3) is 0 Å². The lowest BCUT2D eigenvalue weighted by atomic mass is 10.2. The van der Waals surface area contributed by atoms with Gasteiger partial charge in [-0.2, -0.15) is 0 Å². The Morgan fingerprint density at radius 1 is 1.35 bits per heavy atom. The second kappa shape index (κ2) is 6.00. The van der Waals surface area contributed by atoms with Gasteiger partial charge < -0.3 is 11.1 Å². The van der Waals surface area contributed by atoms with Gasteiger partial charge >= 0.3 is 0 Å². The molecule has 0 spiro atoms. The van der Waals surface area contributed by atoms with E-state index in [9.17, 15) is 8.42 Å². The number of hydrogen-bond donors (Lipinski definition) is 3. The van der Waals surface area contributed by atoms with E-state index in [0.717, 1.165) is 24.2 Å². The van der Waals surface area contributed by atoms with Crippen molar-refractivity contribution in [2.75, 3.05) is 25.5 Å². The van der Waals surface area contributed by atoms with Gasteiger partial charge in [-0.15, -0.1) is 0 Å². The molecule has 96 valence electrons. The molecule has 4 N–H and O–H groups in total. The molecule has 1 rings (SSSR count). The first kappa shape index (κ1) is 14.0. The number of benzene rings is 1. The molecule has 1 aromatic rings. The lowest BCUT2D eigenvalue weighted by Crippen LogP contribution is -2.20. The monoisotopic (exact) mass is 257 g/mol. The van der Waals surface area contributed by atoms with Crippen molar-refractivity contribution in [3.63, 3.8) is 0 Å². The molecule has 17 heavy (non-hydrogen) atoms. The summed E-state index contributed by atoms with van der Waals surface area (Å²) in [6, 6.07) is 5.28. The Morgan fingerprint density at radius 2 is 2.06 bits per heavy atom. The van der Waals surface area contributed by atoms with Crippen LogP contribution in [0.15, 0.2) is 23.1 Å². The lowest BCUT2D eigenvalue weighted by molar-refractivity contribution is 0.587. The third-order valence-corrected chi connectivity index (χ3v) is 4.01. The molecular weight excluding hydrogens is 238 g/mol. The largest absolute Gasteiger partial charge is 0.385 e. The standard InChI is InChI=1S/C11H19N3O2S/c1-9-4-5-10(14-7-3-6-12)8-11(9)17(15,16)13-2/h4-5,8,13-14H,3,6-7,12H2,1-2H3. The molecule has 0 heterocycles. The molecule has 0 aliphatic heterocycles. The summed E-state index contributed by atoms with van der Waals surface area (Å²) in [5.74, 6) is 0. The van der Waals surface area contributed by atoms with Gasteiger partial charge in [0.1, 0.15) is 0 Å². The first-order chi connectivity index (χ1) is 8.01. The van der Waals surface area contributed by atoms with E-state index in [0.29, 0.717) is 11.4 Å². The van der Waals surface area contributed by atoms with Crippen LogP contribution in [0, 0.1) is 6.92 Å². The molecular formula is C11H19N3O2S. The molecule has 0 radical (unpaired) electrons. The quantitative estimate of drug-likeness (QED) is 0.654. The topological polar surface area (TPSA) is 84.2 Å². The smallest absolute Gasteiger partial charge is 0.240 e. The van der Waals surface area contributed by atoms with Gasteiger partial charge in [-0.05, 0) is 44.6 Å². The third-order valence-electron chi connectivity index (χ3n) is 2.46. The van der Waals surface area contributed by atoms with Crippen LogP contribution in [0.5, 0.6) is 0 Å². The zero-order valence-electron chi connectivity index (χ0n) is 10.2. The summed E-state index contributed by atoms with van der Waals surface area (Å²) in [4.78, 5) is 0.303. The van der Waals surface area contributed by atoms with Crippen LogP contribution in [0.3, 0.4) is 0 Å². The van der Waals surface area contributed by atoms with Crippen molar-refractivity contribution in [3.05, 3.63) is 23.8 Å². The summed E-state index contributed by atoms with van der Waals surface area (Å²) in [5.41, 5.74) is 6.91. The maximum Gasteiger partial charge on any atom is 0.240 e. The maximum atomic E-state index is 11.7. The fourth-order valence-corrected chi connectivity index (χ4v) is 2.44. The predicted octanol–water partition coefficient (Wildman–Crippen LogP) is 0.664. The van der Waals surface area contributed by atoms with Crippen LogP contribution >= 0.6 is 0 Å². The van der Waals surface area contributed by atoms with Gasteiger partial charge in [-0.1, -0.05) is 6.07 Å². The van der Waals surface area contributed by atoms with Gasteiger partial charge in [-0.25, -0.2) is 13.1 Å². The van der Waals surface area contributed by atoms with Crippen molar-refractivity contribution in [2.24, 2.45) is 5.73 Å². The Kier molecular flexibility index (Phi) is 4.92. The SMILES string of the molecule is CNS(=O)(=O)c1cc(NCCCN)ccc1C. The lowest BCUT2D eigenvalue weighted by Gasteiger charge is -2.10. The highest BCUT2D eigenvalue weighted by Gasteiger charge is 2.14. The summed E-state index contributed by atoms with van der Waals surface area (Å²) >= 11 is 0. The molecule has 0 aromatic heterocycles. The van der Waals surface area contributed by atoms with E-state index < -0.39 is 10.0 Å². The predicted molar refractivity (Wildman–Crippen MR) is 69.6 cm³/mol. The van der Waals surface area contributed by atoms with Crippen molar-refractivity contribution in [2.45, 2.75) is 18.2 Å². The van der Waals surface area contributed by atoms with Crippen LogP contribution in [-0.4, -0.2) is 28.6 Å². The molecule has 1 aromatic carbocycles. The van der Waals surface area contributed by atoms with Crippen molar-refractivity contribution in [3.8, 4) is 0 Å². The zero-order valence-corrected chi connectivity index (χ0v) is 11.0. The molecule has 0 unspecified atom stereocenters. The van der Waals surface area contributed by atoms with E-state index in [2.05, 4.69) is 10.0 Å². The number of aryl methyl sites for hydroxylation is 1. The van der Waals surface area contributed by atoms with Crippen molar-refractivity contribution in [1.29, 1.82) is 0 Å². The molecule has 0 saturated carbocycles. The highest BCUT2D eigenvalue weighted by Crippen LogP contribution is 2.19. The van der Waals surface area contributed by atoms with E-state index in [1.807, 2.05) is 6.07 Å². The normalized spacial score (nSPS) is 11.5. The number of nitrogens with one attached hydrogen (secondary N) is 2. The van der Waals surface area contributed by atoms with E-state index in [1.54, 1.807) is 19.1 Å². The van der Waals surface area contributed by atoms with Gasteiger partial charge in [0.15, 0.2) is 0 Å². The second-order valence-corrected chi connectivity index (χ2v) is 5.61. The van der Waals surface area contributed by atoms with Crippen LogP contribution in [0.1, 0.15) is 12.0 Å². The third kappa shape index (κ3) is 3.69. The Hall–Kier alpha value is -1.11. The van der Waals surface area contributed by atoms with E-state index in [-0.39, 0.29) is 0 Å². The number of rotatable bonds is 6. The van der Waals surface area contributed by atoms with E-state index in [1.165, 1.54) is 7.05 Å². The average molecular weight is 257 g/mol. The number of nitrogens with two attached hydrogens (primary N) is 1. The molecule has 0 aliphatic rings. The van der Waals surface area contributed by atoms with Gasteiger partial charge in [0.25, 0.3) is 0 Å². The van der Waals surface area contributed by atoms with Gasteiger partial charge in [0.2, 0.25) is 10.0 Å². The summed E-state index contributed by atoms with van der Waals surface area (Å²) < 4.78 is 25.8. The summed E-state index contributed by atoms with van der Waals surface area (Å²) in [7, 11) is -1.99. The van der Waals surface area contributed by atoms with Crippen LogP contribution in [0.2, 0.25) is 0 Å². The molecule has 6 heteroatoms. The minimum atomic E-state index is -3.40. The minimum absolute atomic E-state index is 0.303. The fourth-order valence-electron chi connectivity index (χ4n) is 1.44. The summed E-state index contributed by atoms with van der Waals surface area (Å²) in [6.07, 6.45) is 0.849. The first-order valence-corrected chi connectivity index (χ1v) is 6.97. The Morgan fingerprint density at radius 3 is 2.65 bits per heavy atom. The fraction of sp³-hybridized carbons (Fsp3) is 0.455. The zero-order chi connectivity index (χ0) is 12.9. The molecule has 0 bridgehead atoms. The number of anilines is 1. The van der Waals surface area contributed by atoms with Crippen molar-refractivity contribution in [1.82, 2.24) is 4.72 Å². The summed E-state index contributed by atoms with van der Waals surface area (Å²) in [6.45, 7) is 3.12. The minimum Gasteiger partial charge on any atom is -0.385 e. The van der Waals surface area contributed by atoms with Gasteiger partial charge in [0.05, 0.1) is 4.90 Å². The van der Waals surface area contributed by atoms with E-state index in [4.69, 9.17) is 5.73 Å². The van der Waals surface area contributed by atoms with Crippen LogP contribution < -0.4 is 15.8 Å². The molecule has 0 aliphatic carbocycles. The van der Waals surface area contributed by atoms with Crippen LogP contribution in [0.4, 0.5) is 5.69 Å². The molecule has 0 fully saturated rings. The number of sulfonamides is 1. The van der Waals surface area contributed by atoms with Gasteiger partial charge in [-0.3, -0.25) is 0 Å². The molecule has 0 amide bonds. The highest BCUT2D eigenvalue weighted by atomic mass is 32.2. The first-order valence-electron chi connectivity index (χ1n) is 5.49. The van der Waals surface area contributed by atoms with Gasteiger partial charge in [0, 0.05) is 12.2 Å². The Bertz CT molecular complexity index is 472. The average Bonchev–Trinajstić information content (AvgIpc) is 2.31. The highest BCUT2D eigenvalue weighted by molar-refractivity contribution is 7.89. The maximum absolute atomic E-state index is 11.7.